The van der Waals surface area contributed by atoms with E-state index in [-0.39, 0.29) is 29.2 Å². The molecular formula is C33H50N4O7S. The summed E-state index contributed by atoms with van der Waals surface area (Å²) < 4.78 is 40.2. The number of benzene rings is 1. The summed E-state index contributed by atoms with van der Waals surface area (Å²) in [6.45, 7) is 10.8. The molecule has 2 fully saturated rings. The third-order valence-corrected chi connectivity index (χ3v) is 11.0. The van der Waals surface area contributed by atoms with Crippen molar-refractivity contribution < 1.29 is 32.6 Å². The van der Waals surface area contributed by atoms with Crippen molar-refractivity contribution in [1.82, 2.24) is 19.0 Å². The lowest BCUT2D eigenvalue weighted by Gasteiger charge is -2.33. The van der Waals surface area contributed by atoms with E-state index in [1.807, 2.05) is 59.2 Å². The zero-order valence-corrected chi connectivity index (χ0v) is 28.1. The number of aliphatic hydroxyl groups is 1. The molecule has 1 N–H and O–H groups in total. The fourth-order valence-corrected chi connectivity index (χ4v) is 7.39. The Kier molecular flexibility index (Phi) is 12.2. The first kappa shape index (κ1) is 35.1. The molecule has 11 nitrogen and oxygen atoms in total. The molecule has 1 amide bonds. The molecule has 0 aliphatic carbocycles. The number of likely N-dealkylation sites (N-methyl/N-ethyl adjacent to an activating group) is 2. The van der Waals surface area contributed by atoms with E-state index in [4.69, 9.17) is 9.47 Å². The summed E-state index contributed by atoms with van der Waals surface area (Å²) >= 11 is 0. The summed E-state index contributed by atoms with van der Waals surface area (Å²) in [6.07, 6.45) is 4.00. The highest BCUT2D eigenvalue weighted by Crippen LogP contribution is 2.27. The van der Waals surface area contributed by atoms with Crippen molar-refractivity contribution in [2.24, 2.45) is 11.8 Å². The Morgan fingerprint density at radius 1 is 0.978 bits per heavy atom. The number of cyclic esters (lactones) is 1. The number of hydrogen-bond donors (Lipinski definition) is 1. The van der Waals surface area contributed by atoms with Crippen LogP contribution in [0, 0.1) is 11.8 Å². The van der Waals surface area contributed by atoms with E-state index in [2.05, 4.69) is 9.80 Å². The lowest BCUT2D eigenvalue weighted by Crippen LogP contribution is -2.48. The largest absolute Gasteiger partial charge is 0.457 e. The van der Waals surface area contributed by atoms with Crippen LogP contribution in [-0.2, 0) is 24.3 Å². The van der Waals surface area contributed by atoms with Crippen LogP contribution in [0.1, 0.15) is 45.6 Å². The Hall–Kier alpha value is -2.77. The van der Waals surface area contributed by atoms with Crippen LogP contribution in [0.4, 0.5) is 4.79 Å². The number of esters is 1. The number of carbonyl (C=O) groups is 2. The van der Waals surface area contributed by atoms with E-state index in [0.717, 1.165) is 18.7 Å². The quantitative estimate of drug-likeness (QED) is 0.380. The van der Waals surface area contributed by atoms with Gasteiger partial charge in [0.25, 0.3) is 0 Å². The molecule has 1 aromatic carbocycles. The highest BCUT2D eigenvalue weighted by atomic mass is 32.2. The van der Waals surface area contributed by atoms with E-state index in [9.17, 15) is 23.1 Å². The lowest BCUT2D eigenvalue weighted by molar-refractivity contribution is -0.151. The minimum Gasteiger partial charge on any atom is -0.457 e. The molecule has 2 saturated heterocycles. The molecule has 0 saturated carbocycles. The maximum absolute atomic E-state index is 13.4. The summed E-state index contributed by atoms with van der Waals surface area (Å²) in [6, 6.07) is 6.79. The minimum absolute atomic E-state index is 0.0740. The van der Waals surface area contributed by atoms with Crippen molar-refractivity contribution in [2.45, 2.75) is 63.2 Å². The summed E-state index contributed by atoms with van der Waals surface area (Å²) in [4.78, 5) is 32.2. The van der Waals surface area contributed by atoms with Crippen molar-refractivity contribution in [3.63, 3.8) is 0 Å². The van der Waals surface area contributed by atoms with Gasteiger partial charge in [0, 0.05) is 58.3 Å². The van der Waals surface area contributed by atoms with Gasteiger partial charge in [0.05, 0.1) is 17.4 Å². The molecule has 250 valence electrons. The first-order valence-corrected chi connectivity index (χ1v) is 17.4. The molecule has 1 aromatic rings. The maximum Gasteiger partial charge on any atom is 0.410 e. The molecule has 0 bridgehead atoms. The van der Waals surface area contributed by atoms with Crippen molar-refractivity contribution in [3.05, 3.63) is 47.6 Å². The Morgan fingerprint density at radius 3 is 2.29 bits per heavy atom. The average molecular weight is 647 g/mol. The van der Waals surface area contributed by atoms with E-state index >= 15 is 0 Å². The maximum atomic E-state index is 13.4. The molecule has 3 aliphatic heterocycles. The number of amides is 1. The molecule has 3 aliphatic rings. The molecule has 0 aromatic heterocycles. The molecule has 0 radical (unpaired) electrons. The number of rotatable bonds is 5. The number of carbonyl (C=O) groups excluding carboxylic acids is 2. The van der Waals surface area contributed by atoms with Crippen LogP contribution in [0.2, 0.25) is 0 Å². The average Bonchev–Trinajstić information content (AvgIpc) is 3.00. The first-order valence-electron chi connectivity index (χ1n) is 16.0. The Labute approximate surface area is 268 Å². The molecular weight excluding hydrogens is 596 g/mol. The SMILES string of the molecule is C/C(=C\c1cccc(S(=O)(=O)N2CCN(C)CC2)c1)[C@H]1OC(=O)C[C@H](O)CC[C@H](C)[C@@H](OC(=O)N2CCN(C)CC2)/C=C/[C@@H]1C. The number of ether oxygens (including phenoxy) is 2. The number of piperazine rings is 2. The van der Waals surface area contributed by atoms with Gasteiger partial charge in [-0.25, -0.2) is 13.2 Å². The van der Waals surface area contributed by atoms with Crippen LogP contribution in [0.25, 0.3) is 6.08 Å². The van der Waals surface area contributed by atoms with Crippen LogP contribution in [0.5, 0.6) is 0 Å². The van der Waals surface area contributed by atoms with Crippen molar-refractivity contribution >= 4 is 28.2 Å². The zero-order chi connectivity index (χ0) is 32.7. The standard InChI is InChI=1S/C33H50N4O7S/c1-24-9-11-28(38)23-31(39)44-32(25(2)10-12-30(24)43-33(40)36-17-13-34(4)14-18-36)26(3)21-27-7-6-8-29(22-27)45(41,42)37-19-15-35(5)16-20-37/h6-8,10,12,21-22,24-25,28,30,32,38H,9,11,13-20,23H2,1-5H3/b12-10+,26-21+/t24-,25-,28+,30-,32-/m0/s1. The number of nitrogens with zero attached hydrogens (tertiary/aromatic N) is 4. The van der Waals surface area contributed by atoms with E-state index in [1.165, 1.54) is 4.31 Å². The van der Waals surface area contributed by atoms with Crippen LogP contribution < -0.4 is 0 Å². The van der Waals surface area contributed by atoms with E-state index < -0.39 is 34.3 Å². The highest BCUT2D eigenvalue weighted by molar-refractivity contribution is 7.89. The van der Waals surface area contributed by atoms with Gasteiger partial charge in [-0.1, -0.05) is 38.1 Å². The van der Waals surface area contributed by atoms with Gasteiger partial charge in [-0.3, -0.25) is 4.79 Å². The van der Waals surface area contributed by atoms with Crippen LogP contribution in [0.3, 0.4) is 0 Å². The summed E-state index contributed by atoms with van der Waals surface area (Å²) in [5, 5.41) is 10.6. The lowest BCUT2D eigenvalue weighted by atomic mass is 9.91. The summed E-state index contributed by atoms with van der Waals surface area (Å²) in [7, 11) is 0.358. The smallest absolute Gasteiger partial charge is 0.410 e. The Bertz CT molecular complexity index is 1330. The van der Waals surface area contributed by atoms with Crippen LogP contribution in [0.15, 0.2) is 46.9 Å². The van der Waals surface area contributed by atoms with Gasteiger partial charge in [-0.15, -0.1) is 0 Å². The topological polar surface area (TPSA) is 120 Å². The Balaban J connectivity index is 1.56. The number of aliphatic hydroxyl groups excluding tert-OH is 1. The van der Waals surface area contributed by atoms with Crippen LogP contribution in [-0.4, -0.2) is 129 Å². The second kappa shape index (κ2) is 15.7. The van der Waals surface area contributed by atoms with Gasteiger partial charge in [-0.05, 0) is 69.1 Å². The van der Waals surface area contributed by atoms with Crippen molar-refractivity contribution in [3.8, 4) is 0 Å². The van der Waals surface area contributed by atoms with Gasteiger partial charge in [0.1, 0.15) is 12.2 Å². The normalized spacial score (nSPS) is 29.7. The molecule has 3 heterocycles. The fraction of sp³-hybridized carbons (Fsp3) is 0.636. The molecule has 12 heteroatoms. The molecule has 45 heavy (non-hydrogen) atoms. The van der Waals surface area contributed by atoms with Gasteiger partial charge >= 0.3 is 12.1 Å². The molecule has 5 atom stereocenters. The zero-order valence-electron chi connectivity index (χ0n) is 27.3. The van der Waals surface area contributed by atoms with E-state index in [0.29, 0.717) is 57.7 Å². The van der Waals surface area contributed by atoms with E-state index in [1.54, 1.807) is 23.1 Å². The summed E-state index contributed by atoms with van der Waals surface area (Å²) in [5.74, 6) is -0.871. The second-order valence-electron chi connectivity index (χ2n) is 12.9. The predicted molar refractivity (Wildman–Crippen MR) is 173 cm³/mol. The minimum atomic E-state index is -3.65. The Morgan fingerprint density at radius 2 is 1.62 bits per heavy atom. The highest BCUT2D eigenvalue weighted by Gasteiger charge is 2.30. The third kappa shape index (κ3) is 9.62. The van der Waals surface area contributed by atoms with Crippen LogP contribution >= 0.6 is 0 Å². The molecule has 0 unspecified atom stereocenters. The number of sulfonamides is 1. The van der Waals surface area contributed by atoms with Gasteiger partial charge in [0.2, 0.25) is 10.0 Å². The summed E-state index contributed by atoms with van der Waals surface area (Å²) in [5.41, 5.74) is 1.40. The van der Waals surface area contributed by atoms with Gasteiger partial charge in [0.15, 0.2) is 0 Å². The first-order chi connectivity index (χ1) is 21.3. The third-order valence-electron chi connectivity index (χ3n) is 9.06. The van der Waals surface area contributed by atoms with Gasteiger partial charge < -0.3 is 29.3 Å². The van der Waals surface area contributed by atoms with Crippen molar-refractivity contribution in [1.29, 1.82) is 0 Å². The number of hydrogen-bond acceptors (Lipinski definition) is 9. The molecule has 0 spiro atoms. The monoisotopic (exact) mass is 646 g/mol. The van der Waals surface area contributed by atoms with Gasteiger partial charge in [-0.2, -0.15) is 4.31 Å². The fourth-order valence-electron chi connectivity index (χ4n) is 5.92. The second-order valence-corrected chi connectivity index (χ2v) is 14.8. The van der Waals surface area contributed by atoms with Crippen molar-refractivity contribution in [2.75, 3.05) is 66.5 Å². The predicted octanol–water partition coefficient (Wildman–Crippen LogP) is 3.06. The molecule has 4 rings (SSSR count).